The van der Waals surface area contributed by atoms with Crippen LogP contribution >= 0.6 is 31.9 Å². The molecule has 4 aromatic carbocycles. The fourth-order valence-electron chi connectivity index (χ4n) is 4.83. The molecule has 0 atom stereocenters. The third-order valence-electron chi connectivity index (χ3n) is 6.72. The van der Waals surface area contributed by atoms with Crippen LogP contribution in [0.3, 0.4) is 0 Å². The number of hydrogen-bond acceptors (Lipinski definition) is 2. The minimum Gasteiger partial charge on any atom is -0.289 e. The van der Waals surface area contributed by atoms with E-state index < -0.39 is 16.1 Å². The zero-order chi connectivity index (χ0) is 24.7. The van der Waals surface area contributed by atoms with E-state index in [1.165, 1.54) is 10.4 Å². The molecule has 0 spiro atoms. The van der Waals surface area contributed by atoms with E-state index in [1.807, 2.05) is 24.3 Å². The van der Waals surface area contributed by atoms with E-state index >= 15 is 0 Å². The van der Waals surface area contributed by atoms with Crippen LogP contribution in [0.2, 0.25) is 39.3 Å². The number of carbonyl (C=O) groups is 2. The molecule has 6 heteroatoms. The van der Waals surface area contributed by atoms with Gasteiger partial charge in [-0.15, -0.1) is 0 Å². The molecule has 1 aliphatic rings. The van der Waals surface area contributed by atoms with Gasteiger partial charge in [0.1, 0.15) is 0 Å². The summed E-state index contributed by atoms with van der Waals surface area (Å²) in [6, 6.07) is 16.2. The number of rotatable bonds is 2. The summed E-state index contributed by atoms with van der Waals surface area (Å²) in [5.74, 6) is -0.146. The Hall–Kier alpha value is -1.87. The summed E-state index contributed by atoms with van der Waals surface area (Å²) in [6.07, 6.45) is 0. The molecule has 172 valence electrons. The molecule has 1 aliphatic carbocycles. The molecule has 5 rings (SSSR count). The summed E-state index contributed by atoms with van der Waals surface area (Å²) in [5, 5.41) is 6.58. The number of fused-ring (bicyclic) bond motifs is 4. The lowest BCUT2D eigenvalue weighted by atomic mass is 9.81. The van der Waals surface area contributed by atoms with Crippen LogP contribution in [0.25, 0.3) is 21.5 Å². The standard InChI is InChI=1S/C28H26Br2O2Si2/c1-33(2,3)25-13-17-9-21-19(7-15(17)11-23(25)29)27(31)20-8-16-12-24(30)26(34(4,5)6)14-18(16)10-22(20)28(21)32/h7-14H,1-6H3. The molecule has 0 radical (unpaired) electrons. The number of carbonyl (C=O) groups excluding carboxylic acids is 2. The highest BCUT2D eigenvalue weighted by Crippen LogP contribution is 2.34. The third-order valence-corrected chi connectivity index (χ3v) is 12.8. The van der Waals surface area contributed by atoms with Gasteiger partial charge in [-0.05, 0) is 68.3 Å². The van der Waals surface area contributed by atoms with Crippen LogP contribution < -0.4 is 10.4 Å². The van der Waals surface area contributed by atoms with Gasteiger partial charge in [0, 0.05) is 31.2 Å². The van der Waals surface area contributed by atoms with Crippen molar-refractivity contribution >= 4 is 91.5 Å². The Morgan fingerprint density at radius 1 is 0.471 bits per heavy atom. The molecule has 0 unspecified atom stereocenters. The second-order valence-electron chi connectivity index (χ2n) is 11.3. The van der Waals surface area contributed by atoms with E-state index in [4.69, 9.17) is 0 Å². The van der Waals surface area contributed by atoms with E-state index in [9.17, 15) is 9.59 Å². The van der Waals surface area contributed by atoms with E-state index in [1.54, 1.807) is 0 Å². The van der Waals surface area contributed by atoms with Crippen LogP contribution in [0, 0.1) is 0 Å². The zero-order valence-electron chi connectivity index (χ0n) is 20.2. The fraction of sp³-hybridized carbons (Fsp3) is 0.214. The summed E-state index contributed by atoms with van der Waals surface area (Å²) in [6.45, 7) is 13.8. The smallest absolute Gasteiger partial charge is 0.194 e. The van der Waals surface area contributed by atoms with Crippen molar-refractivity contribution in [2.24, 2.45) is 0 Å². The lowest BCUT2D eigenvalue weighted by Gasteiger charge is -2.23. The largest absolute Gasteiger partial charge is 0.289 e. The molecule has 0 saturated carbocycles. The van der Waals surface area contributed by atoms with Gasteiger partial charge >= 0.3 is 0 Å². The van der Waals surface area contributed by atoms with Crippen molar-refractivity contribution in [3.05, 3.63) is 79.7 Å². The zero-order valence-corrected chi connectivity index (χ0v) is 25.4. The van der Waals surface area contributed by atoms with Gasteiger partial charge in [-0.3, -0.25) is 9.59 Å². The van der Waals surface area contributed by atoms with Crippen molar-refractivity contribution in [1.82, 2.24) is 0 Å². The van der Waals surface area contributed by atoms with E-state index in [-0.39, 0.29) is 11.6 Å². The molecule has 0 saturated heterocycles. The second-order valence-corrected chi connectivity index (χ2v) is 23.1. The lowest BCUT2D eigenvalue weighted by molar-refractivity contribution is 0.0979. The van der Waals surface area contributed by atoms with Crippen LogP contribution in [-0.2, 0) is 0 Å². The first kappa shape index (κ1) is 23.9. The van der Waals surface area contributed by atoms with Gasteiger partial charge < -0.3 is 0 Å². The summed E-state index contributed by atoms with van der Waals surface area (Å²) in [4.78, 5) is 27.3. The maximum absolute atomic E-state index is 13.7. The average molecular weight is 610 g/mol. The molecule has 4 aromatic rings. The molecule has 0 aliphatic heterocycles. The molecule has 0 aromatic heterocycles. The van der Waals surface area contributed by atoms with Crippen molar-refractivity contribution < 1.29 is 9.59 Å². The normalized spacial score (nSPS) is 14.0. The van der Waals surface area contributed by atoms with Gasteiger partial charge in [-0.1, -0.05) is 83.3 Å². The summed E-state index contributed by atoms with van der Waals surface area (Å²) < 4.78 is 2.14. The van der Waals surface area contributed by atoms with Gasteiger partial charge in [0.05, 0.1) is 16.1 Å². The molecule has 0 amide bonds. The molecule has 0 bridgehead atoms. The highest BCUT2D eigenvalue weighted by Gasteiger charge is 2.31. The first-order chi connectivity index (χ1) is 15.8. The second kappa shape index (κ2) is 7.82. The van der Waals surface area contributed by atoms with Gasteiger partial charge in [0.25, 0.3) is 0 Å². The highest BCUT2D eigenvalue weighted by molar-refractivity contribution is 9.11. The van der Waals surface area contributed by atoms with Crippen LogP contribution in [0.5, 0.6) is 0 Å². The van der Waals surface area contributed by atoms with Crippen LogP contribution in [0.4, 0.5) is 0 Å². The van der Waals surface area contributed by atoms with Gasteiger partial charge in [0.2, 0.25) is 0 Å². The van der Waals surface area contributed by atoms with Gasteiger partial charge in [0.15, 0.2) is 11.6 Å². The topological polar surface area (TPSA) is 34.1 Å². The number of halogens is 2. The molecule has 34 heavy (non-hydrogen) atoms. The maximum atomic E-state index is 13.7. The van der Waals surface area contributed by atoms with Gasteiger partial charge in [-0.25, -0.2) is 0 Å². The molecular weight excluding hydrogens is 584 g/mol. The molecule has 2 nitrogen and oxygen atoms in total. The average Bonchev–Trinajstić information content (AvgIpc) is 2.73. The van der Waals surface area contributed by atoms with Crippen molar-refractivity contribution in [3.8, 4) is 0 Å². The Bertz CT molecular complexity index is 1460. The van der Waals surface area contributed by atoms with Gasteiger partial charge in [-0.2, -0.15) is 0 Å². The Morgan fingerprint density at radius 3 is 1.00 bits per heavy atom. The molecule has 0 fully saturated rings. The van der Waals surface area contributed by atoms with Crippen LogP contribution in [0.15, 0.2) is 57.5 Å². The first-order valence-corrected chi connectivity index (χ1v) is 20.0. The van der Waals surface area contributed by atoms with Crippen LogP contribution in [0.1, 0.15) is 31.8 Å². The first-order valence-electron chi connectivity index (χ1n) is 11.4. The minimum atomic E-state index is -1.57. The number of benzene rings is 4. The van der Waals surface area contributed by atoms with Crippen molar-refractivity contribution in [1.29, 1.82) is 0 Å². The van der Waals surface area contributed by atoms with Crippen molar-refractivity contribution in [2.45, 2.75) is 39.3 Å². The molecule has 0 N–H and O–H groups in total. The quantitative estimate of drug-likeness (QED) is 0.196. The SMILES string of the molecule is C[Si](C)(C)c1cc2cc3c(cc2cc1Br)C(=O)c1cc2cc(Br)c([Si](C)(C)C)cc2cc1C3=O. The van der Waals surface area contributed by atoms with Crippen molar-refractivity contribution in [3.63, 3.8) is 0 Å². The molecule has 0 heterocycles. The Labute approximate surface area is 219 Å². The van der Waals surface area contributed by atoms with E-state index in [0.717, 1.165) is 30.5 Å². The van der Waals surface area contributed by atoms with Crippen molar-refractivity contribution in [2.75, 3.05) is 0 Å². The monoisotopic (exact) mass is 608 g/mol. The minimum absolute atomic E-state index is 0.0663. The third kappa shape index (κ3) is 3.79. The highest BCUT2D eigenvalue weighted by atomic mass is 79.9. The summed E-state index contributed by atoms with van der Waals surface area (Å²) >= 11 is 7.47. The number of ketones is 2. The Balaban J connectivity index is 1.74. The summed E-state index contributed by atoms with van der Waals surface area (Å²) in [5.41, 5.74) is 2.01. The fourth-order valence-corrected chi connectivity index (χ4v) is 11.9. The predicted molar refractivity (Wildman–Crippen MR) is 156 cm³/mol. The Morgan fingerprint density at radius 2 is 0.735 bits per heavy atom. The lowest BCUT2D eigenvalue weighted by Crippen LogP contribution is -2.38. The van der Waals surface area contributed by atoms with E-state index in [0.29, 0.717) is 22.3 Å². The Kier molecular flexibility index (Phi) is 5.49. The molecular formula is C28H26Br2O2Si2. The number of hydrogen-bond donors (Lipinski definition) is 0. The summed E-state index contributed by atoms with van der Waals surface area (Å²) in [7, 11) is -3.15. The van der Waals surface area contributed by atoms with Crippen LogP contribution in [-0.4, -0.2) is 27.7 Å². The predicted octanol–water partition coefficient (Wildman–Crippen LogP) is 7.38. The maximum Gasteiger partial charge on any atom is 0.194 e. The van der Waals surface area contributed by atoms with E-state index in [2.05, 4.69) is 95.4 Å².